The van der Waals surface area contributed by atoms with E-state index in [0.29, 0.717) is 0 Å². The molecule has 24 heavy (non-hydrogen) atoms. The summed E-state index contributed by atoms with van der Waals surface area (Å²) in [5.41, 5.74) is 2.18. The Labute approximate surface area is 146 Å². The Bertz CT molecular complexity index is 510. The van der Waals surface area contributed by atoms with E-state index in [-0.39, 0.29) is 0 Å². The number of hydrogen-bond donors (Lipinski definition) is 1. The molecule has 136 valence electrons. The molecule has 1 aromatic rings. The highest BCUT2D eigenvalue weighted by Gasteiger charge is 2.20. The lowest BCUT2D eigenvalue weighted by Gasteiger charge is -2.31. The molecule has 0 aromatic carbocycles. The largest absolute Gasteiger partial charge is 0.361 e. The fraction of sp³-hybridized carbons (Fsp3) is 0.789. The van der Waals surface area contributed by atoms with Crippen LogP contribution in [0.1, 0.15) is 56.5 Å². The van der Waals surface area contributed by atoms with Gasteiger partial charge in [0.1, 0.15) is 5.76 Å². The Kier molecular flexibility index (Phi) is 7.13. The number of nitrogens with one attached hydrogen (secondary N) is 1. The topological polar surface area (TPSA) is 53.7 Å². The molecule has 1 N–H and O–H groups in total. The average molecular weight is 335 g/mol. The molecule has 0 bridgehead atoms. The molecule has 1 aliphatic carbocycles. The second kappa shape index (κ2) is 9.09. The summed E-state index contributed by atoms with van der Waals surface area (Å²) in [5, 5.41) is 7.45. The number of hydrogen-bond acceptors (Lipinski definition) is 3. The molecule has 0 atom stereocenters. The fourth-order valence-electron chi connectivity index (χ4n) is 3.59. The van der Waals surface area contributed by atoms with Gasteiger partial charge in [0, 0.05) is 32.2 Å². The van der Waals surface area contributed by atoms with Crippen LogP contribution in [0.15, 0.2) is 9.52 Å². The number of nitrogens with zero attached hydrogens (tertiary/aromatic N) is 3. The molecule has 1 aromatic heterocycles. The van der Waals surface area contributed by atoms with Gasteiger partial charge in [-0.25, -0.2) is 0 Å². The van der Waals surface area contributed by atoms with Crippen LogP contribution in [0.4, 0.5) is 0 Å². The summed E-state index contributed by atoms with van der Waals surface area (Å²) in [6.07, 6.45) is 6.33. The van der Waals surface area contributed by atoms with Crippen molar-refractivity contribution in [1.82, 2.24) is 15.4 Å². The highest BCUT2D eigenvalue weighted by Crippen LogP contribution is 2.28. The third-order valence-electron chi connectivity index (χ3n) is 5.17. The van der Waals surface area contributed by atoms with Crippen LogP contribution in [0.3, 0.4) is 0 Å². The summed E-state index contributed by atoms with van der Waals surface area (Å²) in [5.74, 6) is 3.64. The van der Waals surface area contributed by atoms with E-state index in [4.69, 9.17) is 9.52 Å². The van der Waals surface area contributed by atoms with E-state index in [1.165, 1.54) is 31.2 Å². The SMILES string of the molecule is CCNC(=NCCc1c(C)noc1C)N(C)CC1CCC(C)CC1. The van der Waals surface area contributed by atoms with E-state index in [2.05, 4.69) is 36.3 Å². The molecular weight excluding hydrogens is 300 g/mol. The summed E-state index contributed by atoms with van der Waals surface area (Å²) in [6.45, 7) is 11.2. The first-order chi connectivity index (χ1) is 11.5. The van der Waals surface area contributed by atoms with Crippen LogP contribution in [-0.4, -0.2) is 42.7 Å². The lowest BCUT2D eigenvalue weighted by molar-refractivity contribution is 0.250. The molecule has 0 amide bonds. The maximum Gasteiger partial charge on any atom is 0.193 e. The van der Waals surface area contributed by atoms with Gasteiger partial charge < -0.3 is 14.7 Å². The number of guanidine groups is 1. The van der Waals surface area contributed by atoms with Crippen molar-refractivity contribution in [3.05, 3.63) is 17.0 Å². The Morgan fingerprint density at radius 1 is 1.29 bits per heavy atom. The van der Waals surface area contributed by atoms with Crippen molar-refractivity contribution in [1.29, 1.82) is 0 Å². The zero-order chi connectivity index (χ0) is 17.5. The fourth-order valence-corrected chi connectivity index (χ4v) is 3.59. The zero-order valence-electron chi connectivity index (χ0n) is 16.1. The van der Waals surface area contributed by atoms with Gasteiger partial charge in [-0.3, -0.25) is 4.99 Å². The van der Waals surface area contributed by atoms with Gasteiger partial charge in [0.05, 0.1) is 5.69 Å². The van der Waals surface area contributed by atoms with Crippen LogP contribution in [-0.2, 0) is 6.42 Å². The normalized spacial score (nSPS) is 21.8. The summed E-state index contributed by atoms with van der Waals surface area (Å²) in [6, 6.07) is 0. The lowest BCUT2D eigenvalue weighted by Crippen LogP contribution is -2.42. The smallest absolute Gasteiger partial charge is 0.193 e. The van der Waals surface area contributed by atoms with Gasteiger partial charge in [-0.1, -0.05) is 24.9 Å². The molecule has 5 nitrogen and oxygen atoms in total. The number of aromatic nitrogens is 1. The molecular formula is C19H34N4O. The third kappa shape index (κ3) is 5.25. The monoisotopic (exact) mass is 334 g/mol. The first kappa shape index (κ1) is 18.8. The first-order valence-electron chi connectivity index (χ1n) is 9.42. The van der Waals surface area contributed by atoms with Crippen LogP contribution in [0, 0.1) is 25.7 Å². The molecule has 5 heteroatoms. The Hall–Kier alpha value is -1.52. The highest BCUT2D eigenvalue weighted by atomic mass is 16.5. The molecule has 0 spiro atoms. The van der Waals surface area contributed by atoms with Gasteiger partial charge in [0.25, 0.3) is 0 Å². The molecule has 1 fully saturated rings. The van der Waals surface area contributed by atoms with Gasteiger partial charge in [-0.2, -0.15) is 0 Å². The number of rotatable bonds is 6. The van der Waals surface area contributed by atoms with E-state index in [1.807, 2.05) is 13.8 Å². The molecule has 0 aliphatic heterocycles. The minimum absolute atomic E-state index is 0.761. The van der Waals surface area contributed by atoms with E-state index in [9.17, 15) is 0 Å². The average Bonchev–Trinajstić information content (AvgIpc) is 2.88. The van der Waals surface area contributed by atoms with Crippen LogP contribution in [0.25, 0.3) is 0 Å². The summed E-state index contributed by atoms with van der Waals surface area (Å²) in [7, 11) is 2.16. The number of aryl methyl sites for hydroxylation is 2. The number of aliphatic imine (C=N–C) groups is 1. The van der Waals surface area contributed by atoms with E-state index in [1.54, 1.807) is 0 Å². The minimum atomic E-state index is 0.761. The third-order valence-corrected chi connectivity index (χ3v) is 5.17. The lowest BCUT2D eigenvalue weighted by atomic mass is 9.83. The van der Waals surface area contributed by atoms with Crippen molar-refractivity contribution in [3.63, 3.8) is 0 Å². The second-order valence-electron chi connectivity index (χ2n) is 7.29. The first-order valence-corrected chi connectivity index (χ1v) is 9.42. The van der Waals surface area contributed by atoms with Crippen molar-refractivity contribution >= 4 is 5.96 Å². The van der Waals surface area contributed by atoms with Crippen LogP contribution >= 0.6 is 0 Å². The van der Waals surface area contributed by atoms with Gasteiger partial charge in [-0.15, -0.1) is 0 Å². The molecule has 0 unspecified atom stereocenters. The van der Waals surface area contributed by atoms with Crippen molar-refractivity contribution in [2.24, 2.45) is 16.8 Å². The van der Waals surface area contributed by atoms with E-state index >= 15 is 0 Å². The quantitative estimate of drug-likeness (QED) is 0.638. The molecule has 1 aliphatic rings. The van der Waals surface area contributed by atoms with Crippen molar-refractivity contribution in [2.45, 2.75) is 59.8 Å². The second-order valence-corrected chi connectivity index (χ2v) is 7.29. The minimum Gasteiger partial charge on any atom is -0.361 e. The van der Waals surface area contributed by atoms with Crippen molar-refractivity contribution < 1.29 is 4.52 Å². The predicted molar refractivity (Wildman–Crippen MR) is 99.4 cm³/mol. The Balaban J connectivity index is 1.89. The van der Waals surface area contributed by atoms with Crippen molar-refractivity contribution in [2.75, 3.05) is 26.7 Å². The van der Waals surface area contributed by atoms with Gasteiger partial charge in [0.15, 0.2) is 5.96 Å². The summed E-state index contributed by atoms with van der Waals surface area (Å²) < 4.78 is 5.23. The molecule has 1 heterocycles. The maximum atomic E-state index is 5.23. The standard InChI is InChI=1S/C19H34N4O/c1-6-20-19(21-12-11-18-15(3)22-24-16(18)4)23(5)13-17-9-7-14(2)8-10-17/h14,17H,6-13H2,1-5H3,(H,20,21). The Morgan fingerprint density at radius 3 is 2.58 bits per heavy atom. The van der Waals surface area contributed by atoms with Crippen LogP contribution in [0.5, 0.6) is 0 Å². The van der Waals surface area contributed by atoms with Gasteiger partial charge >= 0.3 is 0 Å². The summed E-state index contributed by atoms with van der Waals surface area (Å²) >= 11 is 0. The summed E-state index contributed by atoms with van der Waals surface area (Å²) in [4.78, 5) is 7.12. The molecule has 0 saturated heterocycles. The maximum absolute atomic E-state index is 5.23. The van der Waals surface area contributed by atoms with Crippen molar-refractivity contribution in [3.8, 4) is 0 Å². The Morgan fingerprint density at radius 2 is 2.00 bits per heavy atom. The van der Waals surface area contributed by atoms with E-state index in [0.717, 1.165) is 55.3 Å². The highest BCUT2D eigenvalue weighted by molar-refractivity contribution is 5.79. The van der Waals surface area contributed by atoms with Crippen LogP contribution in [0.2, 0.25) is 0 Å². The predicted octanol–water partition coefficient (Wildman–Crippen LogP) is 3.56. The van der Waals surface area contributed by atoms with Gasteiger partial charge in [-0.05, 0) is 51.9 Å². The molecule has 2 rings (SSSR count). The molecule has 1 saturated carbocycles. The van der Waals surface area contributed by atoms with E-state index < -0.39 is 0 Å². The molecule has 0 radical (unpaired) electrons. The zero-order valence-corrected chi connectivity index (χ0v) is 16.1. The van der Waals surface area contributed by atoms with Gasteiger partial charge in [0.2, 0.25) is 0 Å². The van der Waals surface area contributed by atoms with Crippen LogP contribution < -0.4 is 5.32 Å².